The molecule has 4 nitrogen and oxygen atoms in total. The molecule has 19 heavy (non-hydrogen) atoms. The van der Waals surface area contributed by atoms with Gasteiger partial charge in [-0.25, -0.2) is 4.79 Å². The van der Waals surface area contributed by atoms with Gasteiger partial charge in [0.25, 0.3) is 0 Å². The van der Waals surface area contributed by atoms with Crippen LogP contribution in [0.4, 0.5) is 0 Å². The van der Waals surface area contributed by atoms with Gasteiger partial charge in [-0.2, -0.15) is 0 Å². The van der Waals surface area contributed by atoms with E-state index in [4.69, 9.17) is 4.74 Å². The number of hydrogen-bond donors (Lipinski definition) is 1. The van der Waals surface area contributed by atoms with Crippen molar-refractivity contribution in [2.24, 2.45) is 0 Å². The summed E-state index contributed by atoms with van der Waals surface area (Å²) in [4.78, 5) is 27.2. The van der Waals surface area contributed by atoms with Crippen molar-refractivity contribution < 1.29 is 9.53 Å². The Kier molecular flexibility index (Phi) is 3.69. The number of benzene rings is 1. The van der Waals surface area contributed by atoms with Crippen molar-refractivity contribution in [1.29, 1.82) is 0 Å². The number of carbonyl (C=O) groups excluding carboxylic acids is 1. The normalized spacial score (nSPS) is 10.7. The summed E-state index contributed by atoms with van der Waals surface area (Å²) in [5, 5.41) is 0.535. The largest absolute Gasteiger partial charge is 0.462 e. The van der Waals surface area contributed by atoms with Gasteiger partial charge >= 0.3 is 5.97 Å². The number of carbonyl (C=O) groups is 1. The van der Waals surface area contributed by atoms with Crippen LogP contribution in [0.15, 0.2) is 23.0 Å². The second-order valence-electron chi connectivity index (χ2n) is 4.39. The van der Waals surface area contributed by atoms with E-state index in [-0.39, 0.29) is 5.43 Å². The summed E-state index contributed by atoms with van der Waals surface area (Å²) in [6.45, 7) is 5.91. The first-order chi connectivity index (χ1) is 9.08. The van der Waals surface area contributed by atoms with E-state index in [1.54, 1.807) is 25.1 Å². The number of pyridine rings is 1. The third-order valence-corrected chi connectivity index (χ3v) is 3.18. The molecule has 0 saturated carbocycles. The molecule has 0 radical (unpaired) electrons. The van der Waals surface area contributed by atoms with Crippen molar-refractivity contribution in [3.63, 3.8) is 0 Å². The minimum atomic E-state index is -0.401. The van der Waals surface area contributed by atoms with Gasteiger partial charge in [0.05, 0.1) is 12.2 Å². The zero-order chi connectivity index (χ0) is 14.0. The smallest absolute Gasteiger partial charge is 0.338 e. The molecule has 0 atom stereocenters. The Balaban J connectivity index is 2.65. The summed E-state index contributed by atoms with van der Waals surface area (Å²) in [7, 11) is 0. The molecule has 0 spiro atoms. The predicted octanol–water partition coefficient (Wildman–Crippen LogP) is 2.58. The fourth-order valence-corrected chi connectivity index (χ4v) is 2.22. The Morgan fingerprint density at radius 1 is 1.32 bits per heavy atom. The molecule has 1 aromatic carbocycles. The van der Waals surface area contributed by atoms with Crippen molar-refractivity contribution >= 4 is 16.9 Å². The van der Waals surface area contributed by atoms with Gasteiger partial charge in [-0.3, -0.25) is 4.79 Å². The number of fused-ring (bicyclic) bond motifs is 1. The van der Waals surface area contributed by atoms with E-state index < -0.39 is 5.97 Å². The van der Waals surface area contributed by atoms with Crippen molar-refractivity contribution in [2.75, 3.05) is 6.61 Å². The van der Waals surface area contributed by atoms with Gasteiger partial charge in [-0.15, -0.1) is 0 Å². The van der Waals surface area contributed by atoms with Gasteiger partial charge in [-0.1, -0.05) is 6.92 Å². The van der Waals surface area contributed by atoms with E-state index >= 15 is 0 Å². The Morgan fingerprint density at radius 3 is 2.68 bits per heavy atom. The van der Waals surface area contributed by atoms with Crippen molar-refractivity contribution in [3.05, 3.63) is 45.2 Å². The molecule has 0 unspecified atom stereocenters. The van der Waals surface area contributed by atoms with E-state index in [9.17, 15) is 9.59 Å². The monoisotopic (exact) mass is 259 g/mol. The summed E-state index contributed by atoms with van der Waals surface area (Å²) in [5.41, 5.74) is 2.77. The number of ether oxygens (including phenoxy) is 1. The molecule has 1 N–H and O–H groups in total. The first kappa shape index (κ1) is 13.3. The van der Waals surface area contributed by atoms with Crippen LogP contribution < -0.4 is 5.43 Å². The molecule has 0 aliphatic carbocycles. The molecule has 2 rings (SSSR count). The Bertz CT molecular complexity index is 686. The van der Waals surface area contributed by atoms with Crippen LogP contribution in [0.3, 0.4) is 0 Å². The molecule has 4 heteroatoms. The number of nitrogens with one attached hydrogen (secondary N) is 1. The number of H-pyrrole nitrogens is 1. The second-order valence-corrected chi connectivity index (χ2v) is 4.39. The number of aromatic amines is 1. The lowest BCUT2D eigenvalue weighted by molar-refractivity contribution is 0.0526. The quantitative estimate of drug-likeness (QED) is 0.862. The Labute approximate surface area is 111 Å². The average molecular weight is 259 g/mol. The Morgan fingerprint density at radius 2 is 2.05 bits per heavy atom. The highest BCUT2D eigenvalue weighted by Crippen LogP contribution is 2.14. The molecular formula is C15H17NO3. The molecular weight excluding hydrogens is 242 g/mol. The highest BCUT2D eigenvalue weighted by atomic mass is 16.5. The lowest BCUT2D eigenvalue weighted by atomic mass is 10.0. The zero-order valence-electron chi connectivity index (χ0n) is 11.4. The second kappa shape index (κ2) is 5.26. The highest BCUT2D eigenvalue weighted by molar-refractivity contribution is 5.94. The topological polar surface area (TPSA) is 59.2 Å². The fraction of sp³-hybridized carbons (Fsp3) is 0.333. The Hall–Kier alpha value is -2.10. The molecule has 0 fully saturated rings. The average Bonchev–Trinajstić information content (AvgIpc) is 2.39. The van der Waals surface area contributed by atoms with Crippen LogP contribution in [0.2, 0.25) is 0 Å². The maximum atomic E-state index is 12.3. The standard InChI is InChI=1S/C15H17NO3/c1-4-11-9(3)16-13-7-6-10(15(18)19-5-2)8-12(13)14(11)17/h6-8H,4-5H2,1-3H3,(H,16,17). The number of hydrogen-bond acceptors (Lipinski definition) is 3. The summed E-state index contributed by atoms with van der Waals surface area (Å²) >= 11 is 0. The first-order valence-corrected chi connectivity index (χ1v) is 6.41. The molecule has 1 heterocycles. The molecule has 1 aromatic heterocycles. The zero-order valence-corrected chi connectivity index (χ0v) is 11.4. The van der Waals surface area contributed by atoms with Crippen LogP contribution in [-0.2, 0) is 11.2 Å². The minimum absolute atomic E-state index is 0.0140. The highest BCUT2D eigenvalue weighted by Gasteiger charge is 2.11. The summed E-state index contributed by atoms with van der Waals surface area (Å²) in [5.74, 6) is -0.401. The number of rotatable bonds is 3. The fourth-order valence-electron chi connectivity index (χ4n) is 2.22. The van der Waals surface area contributed by atoms with E-state index in [2.05, 4.69) is 4.98 Å². The van der Waals surface area contributed by atoms with Gasteiger partial charge < -0.3 is 9.72 Å². The minimum Gasteiger partial charge on any atom is -0.462 e. The van der Waals surface area contributed by atoms with Crippen molar-refractivity contribution in [2.45, 2.75) is 27.2 Å². The predicted molar refractivity (Wildman–Crippen MR) is 74.6 cm³/mol. The van der Waals surface area contributed by atoms with Crippen LogP contribution in [0.1, 0.15) is 35.5 Å². The molecule has 0 aliphatic rings. The number of aryl methyl sites for hydroxylation is 1. The first-order valence-electron chi connectivity index (χ1n) is 6.41. The number of aromatic nitrogens is 1. The SMILES string of the molecule is CCOC(=O)c1ccc2[nH]c(C)c(CC)c(=O)c2c1. The van der Waals surface area contributed by atoms with Gasteiger partial charge in [0, 0.05) is 22.2 Å². The van der Waals surface area contributed by atoms with E-state index in [1.165, 1.54) is 0 Å². The van der Waals surface area contributed by atoms with Gasteiger partial charge in [0.2, 0.25) is 0 Å². The molecule has 100 valence electrons. The van der Waals surface area contributed by atoms with E-state index in [0.29, 0.717) is 24.0 Å². The molecule has 0 bridgehead atoms. The maximum absolute atomic E-state index is 12.3. The van der Waals surface area contributed by atoms with Crippen LogP contribution in [0.25, 0.3) is 10.9 Å². The summed E-state index contributed by atoms with van der Waals surface area (Å²) < 4.78 is 4.95. The van der Waals surface area contributed by atoms with Crippen LogP contribution in [-0.4, -0.2) is 17.6 Å². The van der Waals surface area contributed by atoms with Crippen LogP contribution in [0.5, 0.6) is 0 Å². The van der Waals surface area contributed by atoms with Crippen molar-refractivity contribution in [1.82, 2.24) is 4.98 Å². The van der Waals surface area contributed by atoms with Gasteiger partial charge in [-0.05, 0) is 38.5 Å². The third-order valence-electron chi connectivity index (χ3n) is 3.18. The molecule has 2 aromatic rings. The van der Waals surface area contributed by atoms with E-state index in [1.807, 2.05) is 13.8 Å². The molecule has 0 amide bonds. The summed E-state index contributed by atoms with van der Waals surface area (Å²) in [6, 6.07) is 5.02. The molecule has 0 aliphatic heterocycles. The van der Waals surface area contributed by atoms with Crippen molar-refractivity contribution in [3.8, 4) is 0 Å². The maximum Gasteiger partial charge on any atom is 0.338 e. The van der Waals surface area contributed by atoms with Gasteiger partial charge in [0.1, 0.15) is 0 Å². The van der Waals surface area contributed by atoms with Gasteiger partial charge in [0.15, 0.2) is 5.43 Å². The van der Waals surface area contributed by atoms with Crippen LogP contribution >= 0.6 is 0 Å². The molecule has 0 saturated heterocycles. The lowest BCUT2D eigenvalue weighted by Crippen LogP contribution is -2.13. The summed E-state index contributed by atoms with van der Waals surface area (Å²) in [6.07, 6.45) is 0.667. The lowest BCUT2D eigenvalue weighted by Gasteiger charge is -2.07. The number of esters is 1. The third kappa shape index (κ3) is 2.38. The van der Waals surface area contributed by atoms with Crippen LogP contribution in [0, 0.1) is 6.92 Å². The van der Waals surface area contributed by atoms with E-state index in [0.717, 1.165) is 16.8 Å².